The van der Waals surface area contributed by atoms with Gasteiger partial charge >= 0.3 is 0 Å². The molecule has 0 aliphatic carbocycles. The van der Waals surface area contributed by atoms with Gasteiger partial charge in [0, 0.05) is 5.56 Å². The number of aliphatic hydroxyl groups excluding tert-OH is 2. The molecule has 0 unspecified atom stereocenters. The number of rotatable bonds is 7. The van der Waals surface area contributed by atoms with E-state index in [2.05, 4.69) is 20.3 Å². The standard InChI is InChI=1S/C24H23N5O5/c30-11-17-19(31)20(33-12-15-7-3-1-4-8-15)24(34-17)29-14-27-18-21(25-13-26-22(18)29)28-23(32)16-9-5-2-6-10-16/h1-10,13-14,17,19-20,24,30-31H,11-12H2,(H,25,26,28,32)/t17-,19-,20-,24-/m1/s1. The van der Waals surface area contributed by atoms with Gasteiger partial charge in [-0.25, -0.2) is 15.0 Å². The highest BCUT2D eigenvalue weighted by Crippen LogP contribution is 2.34. The Morgan fingerprint density at radius 3 is 2.53 bits per heavy atom. The highest BCUT2D eigenvalue weighted by molar-refractivity contribution is 6.06. The summed E-state index contributed by atoms with van der Waals surface area (Å²) in [5.41, 5.74) is 2.17. The Morgan fingerprint density at radius 2 is 1.79 bits per heavy atom. The zero-order valence-electron chi connectivity index (χ0n) is 18.1. The molecule has 10 nitrogen and oxygen atoms in total. The molecule has 1 aliphatic rings. The molecule has 174 valence electrons. The second-order valence-electron chi connectivity index (χ2n) is 7.87. The minimum absolute atomic E-state index is 0.247. The average Bonchev–Trinajstić information content (AvgIpc) is 3.45. The number of aliphatic hydroxyl groups is 2. The number of nitrogens with one attached hydrogen (secondary N) is 1. The minimum Gasteiger partial charge on any atom is -0.394 e. The molecule has 4 aromatic rings. The molecule has 0 saturated carbocycles. The van der Waals surface area contributed by atoms with Gasteiger partial charge in [-0.05, 0) is 17.7 Å². The van der Waals surface area contributed by atoms with Crippen molar-refractivity contribution >= 4 is 22.9 Å². The van der Waals surface area contributed by atoms with E-state index in [1.807, 2.05) is 36.4 Å². The van der Waals surface area contributed by atoms with Crippen LogP contribution >= 0.6 is 0 Å². The number of nitrogens with zero attached hydrogens (tertiary/aromatic N) is 4. The van der Waals surface area contributed by atoms with Crippen molar-refractivity contribution in [1.82, 2.24) is 19.5 Å². The summed E-state index contributed by atoms with van der Waals surface area (Å²) in [5.74, 6) is -0.0799. The summed E-state index contributed by atoms with van der Waals surface area (Å²) in [6.45, 7) is -0.122. The van der Waals surface area contributed by atoms with Crippen molar-refractivity contribution in [3.05, 3.63) is 84.4 Å². The number of carbonyl (C=O) groups excluding carboxylic acids is 1. The predicted molar refractivity (Wildman–Crippen MR) is 122 cm³/mol. The van der Waals surface area contributed by atoms with Crippen LogP contribution in [-0.2, 0) is 16.1 Å². The Morgan fingerprint density at radius 1 is 1.06 bits per heavy atom. The molecule has 0 bridgehead atoms. The van der Waals surface area contributed by atoms with Gasteiger partial charge in [0.15, 0.2) is 23.2 Å². The fourth-order valence-corrected chi connectivity index (χ4v) is 3.94. The first-order chi connectivity index (χ1) is 16.7. The fourth-order valence-electron chi connectivity index (χ4n) is 3.94. The minimum atomic E-state index is -1.06. The molecule has 1 fully saturated rings. The van der Waals surface area contributed by atoms with E-state index in [9.17, 15) is 15.0 Å². The first-order valence-corrected chi connectivity index (χ1v) is 10.8. The van der Waals surface area contributed by atoms with E-state index in [0.29, 0.717) is 16.7 Å². The number of fused-ring (bicyclic) bond motifs is 1. The first-order valence-electron chi connectivity index (χ1n) is 10.8. The molecule has 3 heterocycles. The van der Waals surface area contributed by atoms with Crippen molar-refractivity contribution in [2.45, 2.75) is 31.1 Å². The van der Waals surface area contributed by atoms with E-state index in [0.717, 1.165) is 5.56 Å². The van der Waals surface area contributed by atoms with Crippen molar-refractivity contribution in [3.63, 3.8) is 0 Å². The monoisotopic (exact) mass is 461 g/mol. The number of benzene rings is 2. The summed E-state index contributed by atoms with van der Waals surface area (Å²) >= 11 is 0. The van der Waals surface area contributed by atoms with E-state index in [1.54, 1.807) is 28.8 Å². The van der Waals surface area contributed by atoms with Crippen LogP contribution in [0.1, 0.15) is 22.1 Å². The molecule has 0 radical (unpaired) electrons. The number of hydrogen-bond donors (Lipinski definition) is 3. The van der Waals surface area contributed by atoms with E-state index < -0.39 is 24.5 Å². The van der Waals surface area contributed by atoms with E-state index >= 15 is 0 Å². The van der Waals surface area contributed by atoms with Gasteiger partial charge < -0.3 is 25.0 Å². The smallest absolute Gasteiger partial charge is 0.256 e. The van der Waals surface area contributed by atoms with Gasteiger partial charge in [0.1, 0.15) is 24.6 Å². The van der Waals surface area contributed by atoms with Crippen LogP contribution in [-0.4, -0.2) is 60.6 Å². The molecule has 5 rings (SSSR count). The Balaban J connectivity index is 1.43. The highest BCUT2D eigenvalue weighted by atomic mass is 16.6. The molecule has 3 N–H and O–H groups in total. The molecule has 10 heteroatoms. The van der Waals surface area contributed by atoms with Gasteiger partial charge in [-0.15, -0.1) is 0 Å². The number of carbonyl (C=O) groups is 1. The molecular formula is C24H23N5O5. The van der Waals surface area contributed by atoms with Crippen molar-refractivity contribution in [2.24, 2.45) is 0 Å². The summed E-state index contributed by atoms with van der Waals surface area (Å²) < 4.78 is 13.6. The molecule has 34 heavy (non-hydrogen) atoms. The van der Waals surface area contributed by atoms with Gasteiger partial charge in [-0.2, -0.15) is 0 Å². The summed E-state index contributed by atoms with van der Waals surface area (Å²) in [4.78, 5) is 25.5. The van der Waals surface area contributed by atoms with Gasteiger partial charge in [0.05, 0.1) is 19.5 Å². The molecule has 2 aromatic carbocycles. The maximum absolute atomic E-state index is 12.6. The first kappa shape index (κ1) is 22.1. The maximum Gasteiger partial charge on any atom is 0.256 e. The fraction of sp³-hybridized carbons (Fsp3) is 0.250. The zero-order valence-corrected chi connectivity index (χ0v) is 18.1. The molecule has 0 spiro atoms. The quantitative estimate of drug-likeness (QED) is 0.380. The van der Waals surface area contributed by atoms with Gasteiger partial charge in [0.25, 0.3) is 5.91 Å². The van der Waals surface area contributed by atoms with Crippen molar-refractivity contribution < 1.29 is 24.5 Å². The van der Waals surface area contributed by atoms with Crippen molar-refractivity contribution in [3.8, 4) is 0 Å². The summed E-state index contributed by atoms with van der Waals surface area (Å²) in [7, 11) is 0. The molecule has 1 aliphatic heterocycles. The van der Waals surface area contributed by atoms with E-state index in [-0.39, 0.29) is 24.9 Å². The van der Waals surface area contributed by atoms with E-state index in [1.165, 1.54) is 12.7 Å². The molecule has 1 saturated heterocycles. The van der Waals surface area contributed by atoms with Crippen LogP contribution in [0.25, 0.3) is 11.2 Å². The normalized spacial score (nSPS) is 22.2. The Labute approximate surface area is 194 Å². The van der Waals surface area contributed by atoms with Crippen LogP contribution in [0.15, 0.2) is 73.3 Å². The number of anilines is 1. The van der Waals surface area contributed by atoms with Gasteiger partial charge in [-0.3, -0.25) is 9.36 Å². The zero-order chi connectivity index (χ0) is 23.5. The SMILES string of the molecule is O=C(Nc1ncnc2c1ncn2[C@@H]1O[C@H](CO)[C@@H](O)[C@H]1OCc1ccccc1)c1ccccc1. The molecule has 2 aromatic heterocycles. The lowest BCUT2D eigenvalue weighted by Crippen LogP contribution is -2.35. The van der Waals surface area contributed by atoms with Gasteiger partial charge in [0.2, 0.25) is 0 Å². The lowest BCUT2D eigenvalue weighted by Gasteiger charge is -2.22. The Hall–Kier alpha value is -3.70. The van der Waals surface area contributed by atoms with Gasteiger partial charge in [-0.1, -0.05) is 48.5 Å². The third-order valence-corrected chi connectivity index (χ3v) is 5.68. The third kappa shape index (κ3) is 4.27. The lowest BCUT2D eigenvalue weighted by atomic mass is 10.1. The van der Waals surface area contributed by atoms with Crippen molar-refractivity contribution in [1.29, 1.82) is 0 Å². The number of hydrogen-bond acceptors (Lipinski definition) is 8. The average molecular weight is 461 g/mol. The largest absolute Gasteiger partial charge is 0.394 e. The van der Waals surface area contributed by atoms with Crippen LogP contribution in [0.5, 0.6) is 0 Å². The van der Waals surface area contributed by atoms with Crippen LogP contribution < -0.4 is 5.32 Å². The van der Waals surface area contributed by atoms with E-state index in [4.69, 9.17) is 9.47 Å². The van der Waals surface area contributed by atoms with Crippen LogP contribution in [0.4, 0.5) is 5.82 Å². The van der Waals surface area contributed by atoms with Crippen LogP contribution in [0.3, 0.4) is 0 Å². The second-order valence-corrected chi connectivity index (χ2v) is 7.87. The predicted octanol–water partition coefficient (Wildman–Crippen LogP) is 1.91. The molecular weight excluding hydrogens is 438 g/mol. The lowest BCUT2D eigenvalue weighted by molar-refractivity contribution is -0.0761. The molecule has 1 amide bonds. The maximum atomic E-state index is 12.6. The summed E-state index contributed by atoms with van der Waals surface area (Å²) in [6.07, 6.45) is -0.665. The number of aromatic nitrogens is 4. The summed E-state index contributed by atoms with van der Waals surface area (Å²) in [5, 5.41) is 23.2. The van der Waals surface area contributed by atoms with Crippen LogP contribution in [0, 0.1) is 0 Å². The Bertz CT molecular complexity index is 1270. The number of ether oxygens (including phenoxy) is 2. The number of imidazole rings is 1. The summed E-state index contributed by atoms with van der Waals surface area (Å²) in [6, 6.07) is 18.3. The Kier molecular flexibility index (Phi) is 6.28. The third-order valence-electron chi connectivity index (χ3n) is 5.68. The number of amides is 1. The molecule has 4 atom stereocenters. The van der Waals surface area contributed by atoms with Crippen molar-refractivity contribution in [2.75, 3.05) is 11.9 Å². The highest BCUT2D eigenvalue weighted by Gasteiger charge is 2.46. The topological polar surface area (TPSA) is 132 Å². The second kappa shape index (κ2) is 9.65. The van der Waals surface area contributed by atoms with Crippen LogP contribution in [0.2, 0.25) is 0 Å².